The van der Waals surface area contributed by atoms with Crippen LogP contribution >= 0.6 is 11.6 Å². The third-order valence-electron chi connectivity index (χ3n) is 2.83. The molecule has 1 aromatic heterocycles. The van der Waals surface area contributed by atoms with Gasteiger partial charge in [-0.3, -0.25) is 4.68 Å². The van der Waals surface area contributed by atoms with Crippen LogP contribution in [0.25, 0.3) is 0 Å². The zero-order chi connectivity index (χ0) is 13.1. The first-order valence-electron chi connectivity index (χ1n) is 5.82. The first kappa shape index (κ1) is 13.1. The first-order chi connectivity index (χ1) is 8.60. The Morgan fingerprint density at radius 3 is 2.89 bits per heavy atom. The van der Waals surface area contributed by atoms with Crippen molar-refractivity contribution in [2.45, 2.75) is 25.9 Å². The van der Waals surface area contributed by atoms with Crippen LogP contribution in [0.2, 0.25) is 5.02 Å². The maximum atomic E-state index is 12.9. The smallest absolute Gasteiger partial charge is 0.124 e. The van der Waals surface area contributed by atoms with Gasteiger partial charge in [-0.25, -0.2) is 4.39 Å². The lowest BCUT2D eigenvalue weighted by molar-refractivity contribution is 0.624. The molecule has 0 saturated heterocycles. The summed E-state index contributed by atoms with van der Waals surface area (Å²) in [5.41, 5.74) is 7.88. The minimum atomic E-state index is -0.352. The van der Waals surface area contributed by atoms with Crippen LogP contribution < -0.4 is 5.73 Å². The summed E-state index contributed by atoms with van der Waals surface area (Å²) in [6.07, 6.45) is 4.38. The molecule has 1 aromatic carbocycles. The third kappa shape index (κ3) is 2.89. The summed E-state index contributed by atoms with van der Waals surface area (Å²) in [6, 6.07) is 4.03. The van der Waals surface area contributed by atoms with Crippen LogP contribution in [0.1, 0.15) is 24.1 Å². The van der Waals surface area contributed by atoms with Gasteiger partial charge in [0.1, 0.15) is 5.82 Å². The van der Waals surface area contributed by atoms with Crippen LogP contribution in [0.3, 0.4) is 0 Å². The topological polar surface area (TPSA) is 43.8 Å². The highest BCUT2D eigenvalue weighted by Crippen LogP contribution is 2.24. The highest BCUT2D eigenvalue weighted by atomic mass is 35.5. The number of hydrogen-bond acceptors (Lipinski definition) is 2. The van der Waals surface area contributed by atoms with E-state index in [0.29, 0.717) is 11.4 Å². The molecule has 0 bridgehead atoms. The second kappa shape index (κ2) is 5.50. The molecule has 0 spiro atoms. The Morgan fingerprint density at radius 1 is 1.50 bits per heavy atom. The molecule has 0 amide bonds. The Kier molecular flexibility index (Phi) is 3.99. The predicted molar refractivity (Wildman–Crippen MR) is 69.9 cm³/mol. The molecule has 96 valence electrons. The highest BCUT2D eigenvalue weighted by molar-refractivity contribution is 6.31. The summed E-state index contributed by atoms with van der Waals surface area (Å²) in [5, 5.41) is 4.55. The summed E-state index contributed by atoms with van der Waals surface area (Å²) >= 11 is 5.98. The lowest BCUT2D eigenvalue weighted by Crippen LogP contribution is -2.13. The molecule has 2 N–H and O–H groups in total. The molecule has 0 radical (unpaired) electrons. The van der Waals surface area contributed by atoms with E-state index < -0.39 is 0 Å². The number of hydrogen-bond donors (Lipinski definition) is 1. The minimum Gasteiger partial charge on any atom is -0.324 e. The maximum Gasteiger partial charge on any atom is 0.124 e. The fraction of sp³-hybridized carbons (Fsp3) is 0.308. The molecule has 1 unspecified atom stereocenters. The quantitative estimate of drug-likeness (QED) is 0.926. The van der Waals surface area contributed by atoms with Gasteiger partial charge in [0.05, 0.1) is 6.20 Å². The van der Waals surface area contributed by atoms with Crippen molar-refractivity contribution in [2.24, 2.45) is 5.73 Å². The number of nitrogens with zero attached hydrogens (tertiary/aromatic N) is 2. The summed E-state index contributed by atoms with van der Waals surface area (Å²) in [4.78, 5) is 0. The summed E-state index contributed by atoms with van der Waals surface area (Å²) in [7, 11) is 0. The molecule has 0 aliphatic rings. The second-order valence-electron chi connectivity index (χ2n) is 4.18. The molecule has 0 aliphatic carbocycles. The molecule has 5 heteroatoms. The minimum absolute atomic E-state index is 0.257. The predicted octanol–water partition coefficient (Wildman–Crippen LogP) is 2.94. The van der Waals surface area contributed by atoms with Gasteiger partial charge in [-0.05, 0) is 36.6 Å². The largest absolute Gasteiger partial charge is 0.324 e. The van der Waals surface area contributed by atoms with Crippen LogP contribution in [-0.2, 0) is 13.0 Å². The van der Waals surface area contributed by atoms with Crippen molar-refractivity contribution in [2.75, 3.05) is 0 Å². The number of rotatable bonds is 4. The molecule has 1 atom stereocenters. The Labute approximate surface area is 110 Å². The van der Waals surface area contributed by atoms with E-state index in [4.69, 9.17) is 17.3 Å². The van der Waals surface area contributed by atoms with Crippen LogP contribution in [-0.4, -0.2) is 9.78 Å². The number of nitrogens with two attached hydrogens (primary N) is 1. The Balaban J connectivity index is 2.13. The van der Waals surface area contributed by atoms with Crippen molar-refractivity contribution in [1.29, 1.82) is 0 Å². The molecule has 2 aromatic rings. The van der Waals surface area contributed by atoms with E-state index in [1.54, 1.807) is 12.3 Å². The highest BCUT2D eigenvalue weighted by Gasteiger charge is 2.12. The van der Waals surface area contributed by atoms with Gasteiger partial charge in [-0.1, -0.05) is 17.7 Å². The molecule has 0 aliphatic heterocycles. The lowest BCUT2D eigenvalue weighted by Gasteiger charge is -2.12. The van der Waals surface area contributed by atoms with Crippen LogP contribution in [0, 0.1) is 5.82 Å². The average Bonchev–Trinajstić information content (AvgIpc) is 2.76. The van der Waals surface area contributed by atoms with Gasteiger partial charge < -0.3 is 5.73 Å². The van der Waals surface area contributed by atoms with Crippen LogP contribution in [0.5, 0.6) is 0 Å². The number of aryl methyl sites for hydroxylation is 1. The Hall–Kier alpha value is -1.39. The molecule has 3 nitrogen and oxygen atoms in total. The number of benzene rings is 1. The van der Waals surface area contributed by atoms with Crippen molar-refractivity contribution < 1.29 is 4.39 Å². The lowest BCUT2D eigenvalue weighted by atomic mass is 10.0. The van der Waals surface area contributed by atoms with E-state index in [9.17, 15) is 4.39 Å². The van der Waals surface area contributed by atoms with E-state index in [-0.39, 0.29) is 11.9 Å². The maximum absolute atomic E-state index is 12.9. The normalized spacial score (nSPS) is 12.7. The number of halogens is 2. The van der Waals surface area contributed by atoms with Crippen molar-refractivity contribution >= 4 is 11.6 Å². The van der Waals surface area contributed by atoms with Gasteiger partial charge in [0.2, 0.25) is 0 Å². The van der Waals surface area contributed by atoms with Gasteiger partial charge in [-0.15, -0.1) is 0 Å². The monoisotopic (exact) mass is 267 g/mol. The van der Waals surface area contributed by atoms with Crippen molar-refractivity contribution in [3.8, 4) is 0 Å². The van der Waals surface area contributed by atoms with Gasteiger partial charge in [0.15, 0.2) is 0 Å². The fourth-order valence-electron chi connectivity index (χ4n) is 1.85. The van der Waals surface area contributed by atoms with E-state index >= 15 is 0 Å². The van der Waals surface area contributed by atoms with Crippen molar-refractivity contribution in [1.82, 2.24) is 9.78 Å². The molecule has 0 saturated carbocycles. The van der Waals surface area contributed by atoms with E-state index in [1.807, 2.05) is 17.8 Å². The summed E-state index contributed by atoms with van der Waals surface area (Å²) in [5.74, 6) is -0.352. The Morgan fingerprint density at radius 2 is 2.28 bits per heavy atom. The van der Waals surface area contributed by atoms with E-state index in [0.717, 1.165) is 17.7 Å². The number of aromatic nitrogens is 2. The zero-order valence-corrected chi connectivity index (χ0v) is 10.9. The molecule has 2 rings (SSSR count). The SMILES string of the molecule is CCn1cc(CC(N)c2ccc(F)cc2Cl)cn1. The summed E-state index contributed by atoms with van der Waals surface area (Å²) < 4.78 is 14.8. The zero-order valence-electron chi connectivity index (χ0n) is 10.1. The summed E-state index contributed by atoms with van der Waals surface area (Å²) in [6.45, 7) is 2.85. The fourth-order valence-corrected chi connectivity index (χ4v) is 2.16. The van der Waals surface area contributed by atoms with E-state index in [1.165, 1.54) is 12.1 Å². The first-order valence-corrected chi connectivity index (χ1v) is 6.19. The van der Waals surface area contributed by atoms with Gasteiger partial charge >= 0.3 is 0 Å². The molecular formula is C13H15ClFN3. The standard InChI is InChI=1S/C13H15ClFN3/c1-2-18-8-9(7-17-18)5-13(16)11-4-3-10(15)6-12(11)14/h3-4,6-8,13H,2,5,16H2,1H3. The van der Waals surface area contributed by atoms with Crippen LogP contribution in [0.15, 0.2) is 30.6 Å². The van der Waals surface area contributed by atoms with Gasteiger partial charge in [-0.2, -0.15) is 5.10 Å². The van der Waals surface area contributed by atoms with Gasteiger partial charge in [0.25, 0.3) is 0 Å². The van der Waals surface area contributed by atoms with E-state index in [2.05, 4.69) is 5.10 Å². The molecule has 0 fully saturated rings. The Bertz CT molecular complexity index is 539. The van der Waals surface area contributed by atoms with Crippen LogP contribution in [0.4, 0.5) is 4.39 Å². The average molecular weight is 268 g/mol. The molecular weight excluding hydrogens is 253 g/mol. The van der Waals surface area contributed by atoms with Gasteiger partial charge in [0, 0.05) is 23.8 Å². The molecule has 1 heterocycles. The second-order valence-corrected chi connectivity index (χ2v) is 4.59. The van der Waals surface area contributed by atoms with Crippen molar-refractivity contribution in [3.63, 3.8) is 0 Å². The third-order valence-corrected chi connectivity index (χ3v) is 3.16. The molecule has 18 heavy (non-hydrogen) atoms. The van der Waals surface area contributed by atoms with Crippen molar-refractivity contribution in [3.05, 3.63) is 52.6 Å².